The number of para-hydroxylation sites is 2. The van der Waals surface area contributed by atoms with E-state index in [-0.39, 0.29) is 37.1 Å². The van der Waals surface area contributed by atoms with Gasteiger partial charge in [0, 0.05) is 42.0 Å². The minimum atomic E-state index is -1.57. The fourth-order valence-electron chi connectivity index (χ4n) is 5.26. The number of amides is 5. The van der Waals surface area contributed by atoms with E-state index in [0.29, 0.717) is 11.3 Å². The average Bonchev–Trinajstić information content (AvgIpc) is 3.50. The summed E-state index contributed by atoms with van der Waals surface area (Å²) in [4.78, 5) is 94.0. The lowest BCUT2D eigenvalue weighted by atomic mass is 9.99. The van der Waals surface area contributed by atoms with Crippen molar-refractivity contribution in [3.8, 4) is 0 Å². The zero-order valence-corrected chi connectivity index (χ0v) is 31.8. The van der Waals surface area contributed by atoms with Crippen LogP contribution < -0.4 is 32.3 Å². The Bertz CT molecular complexity index is 1820. The highest BCUT2D eigenvalue weighted by Gasteiger charge is 2.32. The number of aliphatic carboxylic acids is 1. The summed E-state index contributed by atoms with van der Waals surface area (Å²) in [6.45, 7) is 6.49. The molecule has 5 amide bonds. The summed E-state index contributed by atoms with van der Waals surface area (Å²) in [6.07, 6.45) is 1.97. The van der Waals surface area contributed by atoms with E-state index in [1.165, 1.54) is 36.9 Å². The number of thioether (sulfide) groups is 1. The van der Waals surface area contributed by atoms with Crippen molar-refractivity contribution >= 4 is 69.8 Å². The molecule has 0 bridgehead atoms. The lowest BCUT2D eigenvalue weighted by Gasteiger charge is -2.25. The number of carbonyl (C=O) groups is 7. The third kappa shape index (κ3) is 13.5. The fourth-order valence-corrected chi connectivity index (χ4v) is 5.73. The number of anilines is 1. The van der Waals surface area contributed by atoms with E-state index in [2.05, 4.69) is 31.6 Å². The molecule has 17 heteroatoms. The van der Waals surface area contributed by atoms with Crippen LogP contribution in [0.25, 0.3) is 10.9 Å². The molecule has 3 aromatic rings. The number of benzene rings is 2. The number of hydrogen-bond donors (Lipinski definition) is 8. The third-order valence-corrected chi connectivity index (χ3v) is 8.53. The van der Waals surface area contributed by atoms with E-state index in [4.69, 9.17) is 10.5 Å². The van der Waals surface area contributed by atoms with Crippen LogP contribution in [0.2, 0.25) is 0 Å². The fraction of sp³-hybridized carbons (Fsp3) is 0.432. The maximum absolute atomic E-state index is 14.0. The number of ketones is 1. The number of H-pyrrole nitrogens is 1. The number of nitrogens with one attached hydrogen (secondary N) is 6. The molecule has 0 aliphatic heterocycles. The number of aromatic amines is 1. The number of carboxylic acid groups (broad SMARTS) is 1. The Kier molecular flexibility index (Phi) is 16.0. The number of carboxylic acids is 1. The summed E-state index contributed by atoms with van der Waals surface area (Å²) in [7, 11) is 0. The van der Waals surface area contributed by atoms with Crippen LogP contribution in [0, 0.1) is 0 Å². The summed E-state index contributed by atoms with van der Waals surface area (Å²) >= 11 is 1.39. The Hall–Kier alpha value is -5.42. The van der Waals surface area contributed by atoms with Crippen molar-refractivity contribution in [1.82, 2.24) is 26.3 Å². The number of carbonyl (C=O) groups excluding carboxylic acids is 6. The molecule has 1 heterocycles. The quantitative estimate of drug-likeness (QED) is 0.0823. The lowest BCUT2D eigenvalue weighted by Crippen LogP contribution is -2.56. The summed E-state index contributed by atoms with van der Waals surface area (Å²) in [5.41, 5.74) is 6.48. The average molecular weight is 768 g/mol. The molecule has 0 unspecified atom stereocenters. The molecule has 0 fully saturated rings. The van der Waals surface area contributed by atoms with Gasteiger partial charge in [-0.2, -0.15) is 11.8 Å². The first-order chi connectivity index (χ1) is 25.5. The van der Waals surface area contributed by atoms with Crippen LogP contribution in [-0.4, -0.2) is 99.9 Å². The van der Waals surface area contributed by atoms with Gasteiger partial charge in [-0.3, -0.25) is 28.8 Å². The highest BCUT2D eigenvalue weighted by atomic mass is 32.2. The van der Waals surface area contributed by atoms with Crippen LogP contribution in [0.1, 0.15) is 62.9 Å². The number of nitrogens with two attached hydrogens (primary N) is 1. The molecule has 2 aromatic carbocycles. The second kappa shape index (κ2) is 20.1. The number of ether oxygens (including phenoxy) is 1. The molecule has 4 atom stereocenters. The molecule has 16 nitrogen and oxygen atoms in total. The van der Waals surface area contributed by atoms with Crippen molar-refractivity contribution in [2.24, 2.45) is 5.73 Å². The number of aromatic nitrogens is 1. The number of hydrogen-bond acceptors (Lipinski definition) is 10. The van der Waals surface area contributed by atoms with Crippen LogP contribution >= 0.6 is 11.8 Å². The van der Waals surface area contributed by atoms with Crippen LogP contribution in [0.4, 0.5) is 10.5 Å². The van der Waals surface area contributed by atoms with Crippen molar-refractivity contribution in [1.29, 1.82) is 0 Å². The van der Waals surface area contributed by atoms with Gasteiger partial charge in [-0.1, -0.05) is 30.3 Å². The number of fused-ring (bicyclic) bond motifs is 1. The van der Waals surface area contributed by atoms with Crippen molar-refractivity contribution in [3.05, 3.63) is 65.9 Å². The second-order valence-corrected chi connectivity index (χ2v) is 14.5. The highest BCUT2D eigenvalue weighted by Crippen LogP contribution is 2.21. The SMILES string of the molecule is CSCC[C@H](NC(=O)[C@H](Cc1c[nH]c2ccccc12)NC(=O)CCNC(=O)OC(C)(C)C)C(=O)N[C@@H](CC(=O)O)C(=O)c1ccccc1NC(=O)[C@H](C)N. The zero-order chi connectivity index (χ0) is 40.0. The minimum Gasteiger partial charge on any atom is -0.481 e. The van der Waals surface area contributed by atoms with Gasteiger partial charge in [0.05, 0.1) is 18.2 Å². The number of alkyl carbamates (subject to hydrolysis) is 1. The van der Waals surface area contributed by atoms with Crippen molar-refractivity contribution in [3.63, 3.8) is 0 Å². The lowest BCUT2D eigenvalue weighted by molar-refractivity contribution is -0.137. The van der Waals surface area contributed by atoms with Gasteiger partial charge in [0.2, 0.25) is 23.6 Å². The maximum Gasteiger partial charge on any atom is 0.407 e. The molecular weight excluding hydrogens is 719 g/mol. The third-order valence-electron chi connectivity index (χ3n) is 7.89. The standard InChI is InChI=1S/C37H49N7O9S/c1-21(38)33(49)42-26-13-9-7-11-24(26)32(48)28(19-31(46)47)44-34(50)27(15-17-54-5)43-35(51)29(18-22-20-40-25-12-8-6-10-23(22)25)41-30(45)14-16-39-36(52)53-37(2,3)4/h6-13,20-21,27-29,40H,14-19,38H2,1-5H3,(H,39,52)(H,41,45)(H,42,49)(H,43,51)(H,44,50)(H,46,47)/t21-,27-,28-,29-/m0/s1. The summed E-state index contributed by atoms with van der Waals surface area (Å²) in [6, 6.07) is 8.42. The predicted octanol–water partition coefficient (Wildman–Crippen LogP) is 2.48. The van der Waals surface area contributed by atoms with E-state index >= 15 is 0 Å². The molecule has 0 saturated carbocycles. The Morgan fingerprint density at radius 2 is 1.54 bits per heavy atom. The Balaban J connectivity index is 1.84. The Labute approximate surface area is 317 Å². The van der Waals surface area contributed by atoms with Crippen molar-refractivity contribution in [2.75, 3.05) is 23.9 Å². The van der Waals surface area contributed by atoms with Gasteiger partial charge in [0.1, 0.15) is 23.7 Å². The molecule has 0 aliphatic carbocycles. The Morgan fingerprint density at radius 3 is 2.20 bits per heavy atom. The molecular formula is C37H49N7O9S. The highest BCUT2D eigenvalue weighted by molar-refractivity contribution is 7.98. The van der Waals surface area contributed by atoms with E-state index in [1.54, 1.807) is 39.3 Å². The Morgan fingerprint density at radius 1 is 0.889 bits per heavy atom. The monoisotopic (exact) mass is 767 g/mol. The van der Waals surface area contributed by atoms with E-state index in [1.807, 2.05) is 24.3 Å². The predicted molar refractivity (Wildman–Crippen MR) is 205 cm³/mol. The van der Waals surface area contributed by atoms with E-state index in [0.717, 1.165) is 10.9 Å². The number of Topliss-reactive ketones (excluding diaryl/α,β-unsaturated/α-hetero) is 1. The van der Waals surface area contributed by atoms with Crippen LogP contribution in [0.15, 0.2) is 54.7 Å². The zero-order valence-electron chi connectivity index (χ0n) is 30.9. The summed E-state index contributed by atoms with van der Waals surface area (Å²) in [5, 5.41) is 23.4. The van der Waals surface area contributed by atoms with Gasteiger partial charge in [0.25, 0.3) is 0 Å². The van der Waals surface area contributed by atoms with Crippen molar-refractivity contribution in [2.45, 2.75) is 83.1 Å². The van der Waals surface area contributed by atoms with Gasteiger partial charge >= 0.3 is 12.1 Å². The first-order valence-corrected chi connectivity index (χ1v) is 18.7. The molecule has 0 spiro atoms. The molecule has 3 rings (SSSR count). The maximum atomic E-state index is 14.0. The minimum absolute atomic E-state index is 0.0298. The van der Waals surface area contributed by atoms with Crippen LogP contribution in [-0.2, 0) is 35.1 Å². The van der Waals surface area contributed by atoms with Gasteiger partial charge < -0.3 is 47.1 Å². The molecule has 54 heavy (non-hydrogen) atoms. The molecule has 0 aliphatic rings. The largest absolute Gasteiger partial charge is 0.481 e. The molecule has 9 N–H and O–H groups in total. The molecule has 1 aromatic heterocycles. The van der Waals surface area contributed by atoms with E-state index in [9.17, 15) is 38.7 Å². The number of rotatable bonds is 19. The van der Waals surface area contributed by atoms with Crippen LogP contribution in [0.5, 0.6) is 0 Å². The van der Waals surface area contributed by atoms with E-state index < -0.39 is 77.7 Å². The molecule has 292 valence electrons. The smallest absolute Gasteiger partial charge is 0.407 e. The second-order valence-electron chi connectivity index (χ2n) is 13.6. The first-order valence-electron chi connectivity index (χ1n) is 17.3. The van der Waals surface area contributed by atoms with Gasteiger partial charge in [-0.15, -0.1) is 0 Å². The van der Waals surface area contributed by atoms with Gasteiger partial charge in [-0.25, -0.2) is 4.79 Å². The summed E-state index contributed by atoms with van der Waals surface area (Å²) < 4.78 is 5.20. The van der Waals surface area contributed by atoms with Crippen molar-refractivity contribution < 1.29 is 43.4 Å². The molecule has 0 saturated heterocycles. The van der Waals surface area contributed by atoms with Crippen LogP contribution in [0.3, 0.4) is 0 Å². The summed E-state index contributed by atoms with van der Waals surface area (Å²) in [5.74, 6) is -4.44. The molecule has 0 radical (unpaired) electrons. The normalized spacial score (nSPS) is 13.4. The topological polar surface area (TPSA) is 251 Å². The van der Waals surface area contributed by atoms with Gasteiger partial charge in [-0.05, 0) is 69.9 Å². The first kappa shape index (κ1) is 43.0. The van der Waals surface area contributed by atoms with Gasteiger partial charge in [0.15, 0.2) is 5.78 Å².